The lowest BCUT2D eigenvalue weighted by Crippen LogP contribution is -2.25. The molecule has 1 N–H and O–H groups in total. The van der Waals surface area contributed by atoms with Gasteiger partial charge in [-0.2, -0.15) is 0 Å². The fourth-order valence-electron chi connectivity index (χ4n) is 2.62. The molecule has 0 bridgehead atoms. The molecule has 0 spiro atoms. The average Bonchev–Trinajstić information content (AvgIpc) is 3.14. The first kappa shape index (κ1) is 20.2. The van der Waals surface area contributed by atoms with Crippen molar-refractivity contribution in [3.05, 3.63) is 77.1 Å². The topological polar surface area (TPSA) is 116 Å². The van der Waals surface area contributed by atoms with Crippen LogP contribution in [0.4, 0.5) is 5.69 Å². The zero-order valence-corrected chi connectivity index (χ0v) is 16.2. The second-order valence-corrected chi connectivity index (χ2v) is 6.84. The molecule has 0 atom stereocenters. The van der Waals surface area contributed by atoms with Gasteiger partial charge in [0.05, 0.1) is 10.7 Å². The highest BCUT2D eigenvalue weighted by atomic mass is 32.2. The lowest BCUT2D eigenvalue weighted by atomic mass is 10.2. The predicted octanol–water partition coefficient (Wildman–Crippen LogP) is 2.84. The van der Waals surface area contributed by atoms with Crippen LogP contribution in [0.2, 0.25) is 0 Å². The van der Waals surface area contributed by atoms with Crippen LogP contribution in [0.5, 0.6) is 0 Å². The van der Waals surface area contributed by atoms with E-state index in [1.807, 2.05) is 16.7 Å². The second kappa shape index (κ2) is 9.60. The van der Waals surface area contributed by atoms with Crippen LogP contribution < -0.4 is 5.32 Å². The molecule has 3 aromatic rings. The van der Waals surface area contributed by atoms with E-state index in [9.17, 15) is 14.9 Å². The zero-order chi connectivity index (χ0) is 20.6. The summed E-state index contributed by atoms with van der Waals surface area (Å²) in [5.41, 5.74) is 1.29. The normalized spacial score (nSPS) is 10.5. The molecule has 0 unspecified atom stereocenters. The predicted molar refractivity (Wildman–Crippen MR) is 109 cm³/mol. The first-order valence-corrected chi connectivity index (χ1v) is 9.65. The molecule has 0 radical (unpaired) electrons. The Balaban J connectivity index is 1.64. The fraction of sp³-hybridized carbons (Fsp3) is 0.158. The van der Waals surface area contributed by atoms with Crippen LogP contribution in [0.1, 0.15) is 5.56 Å². The third-order valence-corrected chi connectivity index (χ3v) is 4.93. The van der Waals surface area contributed by atoms with Gasteiger partial charge in [0.15, 0.2) is 11.0 Å². The molecule has 0 saturated carbocycles. The monoisotopic (exact) mass is 410 g/mol. The van der Waals surface area contributed by atoms with Crippen LogP contribution in [-0.4, -0.2) is 36.3 Å². The van der Waals surface area contributed by atoms with E-state index in [-0.39, 0.29) is 23.9 Å². The number of nitro groups is 1. The number of nitrogens with zero attached hydrogens (tertiary/aromatic N) is 5. The van der Waals surface area contributed by atoms with Crippen molar-refractivity contribution in [2.75, 3.05) is 5.75 Å². The second-order valence-electron chi connectivity index (χ2n) is 5.89. The Labute approximate surface area is 171 Å². The molecule has 0 aliphatic carbocycles. The standard InChI is InChI=1S/C19H18N6O3S/c1-2-11-24-18(14-7-9-20-10-8-14)22-23-19(24)29-13-17(26)21-12-15-5-3-4-6-16(15)25(27)28/h2-10H,1,11-13H2,(H,21,26). The van der Waals surface area contributed by atoms with E-state index in [1.54, 1.807) is 36.7 Å². The van der Waals surface area contributed by atoms with Crippen molar-refractivity contribution < 1.29 is 9.72 Å². The largest absolute Gasteiger partial charge is 0.351 e. The molecule has 9 nitrogen and oxygen atoms in total. The molecule has 1 amide bonds. The Kier molecular flexibility index (Phi) is 6.69. The maximum Gasteiger partial charge on any atom is 0.274 e. The summed E-state index contributed by atoms with van der Waals surface area (Å²) in [7, 11) is 0. The summed E-state index contributed by atoms with van der Waals surface area (Å²) < 4.78 is 1.86. The molecule has 29 heavy (non-hydrogen) atoms. The number of hydrogen-bond donors (Lipinski definition) is 1. The van der Waals surface area contributed by atoms with Crippen molar-refractivity contribution in [1.82, 2.24) is 25.1 Å². The highest BCUT2D eigenvalue weighted by Crippen LogP contribution is 2.23. The van der Waals surface area contributed by atoms with Crippen molar-refractivity contribution in [2.24, 2.45) is 0 Å². The lowest BCUT2D eigenvalue weighted by Gasteiger charge is -2.08. The van der Waals surface area contributed by atoms with Crippen molar-refractivity contribution in [3.63, 3.8) is 0 Å². The molecule has 148 valence electrons. The van der Waals surface area contributed by atoms with Gasteiger partial charge in [0.2, 0.25) is 5.91 Å². The summed E-state index contributed by atoms with van der Waals surface area (Å²) in [6.07, 6.45) is 5.07. The summed E-state index contributed by atoms with van der Waals surface area (Å²) in [6, 6.07) is 9.98. The highest BCUT2D eigenvalue weighted by molar-refractivity contribution is 7.99. The molecule has 0 aliphatic rings. The number of para-hydroxylation sites is 1. The van der Waals surface area contributed by atoms with Crippen LogP contribution in [0.25, 0.3) is 11.4 Å². The smallest absolute Gasteiger partial charge is 0.274 e. The number of hydrogen-bond acceptors (Lipinski definition) is 7. The van der Waals surface area contributed by atoms with Crippen LogP contribution in [-0.2, 0) is 17.9 Å². The van der Waals surface area contributed by atoms with Gasteiger partial charge < -0.3 is 5.32 Å². The minimum absolute atomic E-state index is 0.0202. The van der Waals surface area contributed by atoms with Crippen molar-refractivity contribution in [3.8, 4) is 11.4 Å². The van der Waals surface area contributed by atoms with E-state index in [1.165, 1.54) is 17.8 Å². The Morgan fingerprint density at radius 3 is 2.72 bits per heavy atom. The van der Waals surface area contributed by atoms with E-state index in [4.69, 9.17) is 0 Å². The maximum atomic E-state index is 12.2. The number of amides is 1. The SMILES string of the molecule is C=CCn1c(SCC(=O)NCc2ccccc2[N+](=O)[O-])nnc1-c1ccncc1. The van der Waals surface area contributed by atoms with Crippen LogP contribution >= 0.6 is 11.8 Å². The molecule has 2 heterocycles. The molecule has 1 aromatic carbocycles. The van der Waals surface area contributed by atoms with E-state index in [0.717, 1.165) is 5.56 Å². The quantitative estimate of drug-likeness (QED) is 0.249. The van der Waals surface area contributed by atoms with Crippen LogP contribution in [0.3, 0.4) is 0 Å². The van der Waals surface area contributed by atoms with Gasteiger partial charge in [-0.15, -0.1) is 16.8 Å². The molecule has 2 aromatic heterocycles. The summed E-state index contributed by atoms with van der Waals surface area (Å²) in [5, 5.41) is 22.7. The average molecular weight is 410 g/mol. The van der Waals surface area contributed by atoms with Gasteiger partial charge in [0, 0.05) is 42.7 Å². The van der Waals surface area contributed by atoms with Crippen LogP contribution in [0.15, 0.2) is 66.6 Å². The highest BCUT2D eigenvalue weighted by Gasteiger charge is 2.16. The van der Waals surface area contributed by atoms with Gasteiger partial charge in [-0.25, -0.2) is 0 Å². The van der Waals surface area contributed by atoms with E-state index in [2.05, 4.69) is 27.1 Å². The minimum Gasteiger partial charge on any atom is -0.351 e. The van der Waals surface area contributed by atoms with Gasteiger partial charge in [-0.1, -0.05) is 36.0 Å². The first-order chi connectivity index (χ1) is 14.1. The molecule has 10 heteroatoms. The molecular formula is C19H18N6O3S. The minimum atomic E-state index is -0.464. The third kappa shape index (κ3) is 5.05. The third-order valence-electron chi connectivity index (χ3n) is 3.96. The lowest BCUT2D eigenvalue weighted by molar-refractivity contribution is -0.385. The molecule has 3 rings (SSSR count). The number of thioether (sulfide) groups is 1. The number of pyridine rings is 1. The van der Waals surface area contributed by atoms with E-state index >= 15 is 0 Å². The maximum absolute atomic E-state index is 12.2. The Morgan fingerprint density at radius 1 is 1.24 bits per heavy atom. The Morgan fingerprint density at radius 2 is 2.00 bits per heavy atom. The van der Waals surface area contributed by atoms with Crippen molar-refractivity contribution >= 4 is 23.4 Å². The van der Waals surface area contributed by atoms with Gasteiger partial charge in [-0.05, 0) is 12.1 Å². The van der Waals surface area contributed by atoms with E-state index in [0.29, 0.717) is 23.1 Å². The number of aromatic nitrogens is 4. The van der Waals surface area contributed by atoms with Gasteiger partial charge in [-0.3, -0.25) is 24.5 Å². The summed E-state index contributed by atoms with van der Waals surface area (Å²) >= 11 is 1.24. The molecule has 0 fully saturated rings. The fourth-order valence-corrected chi connectivity index (χ4v) is 3.39. The van der Waals surface area contributed by atoms with Gasteiger partial charge in [0.25, 0.3) is 5.69 Å². The summed E-state index contributed by atoms with van der Waals surface area (Å²) in [6.45, 7) is 4.33. The molecule has 0 saturated heterocycles. The number of carbonyl (C=O) groups is 1. The van der Waals surface area contributed by atoms with Gasteiger partial charge in [0.1, 0.15) is 0 Å². The van der Waals surface area contributed by atoms with Crippen LogP contribution in [0, 0.1) is 10.1 Å². The van der Waals surface area contributed by atoms with Crippen molar-refractivity contribution in [2.45, 2.75) is 18.2 Å². The Bertz CT molecular complexity index is 1020. The molecular weight excluding hydrogens is 392 g/mol. The Hall–Kier alpha value is -3.53. The number of carbonyl (C=O) groups excluding carboxylic acids is 1. The van der Waals surface area contributed by atoms with E-state index < -0.39 is 4.92 Å². The number of nitrogens with one attached hydrogen (secondary N) is 1. The number of allylic oxidation sites excluding steroid dienone is 1. The number of nitro benzene ring substituents is 1. The molecule has 0 aliphatic heterocycles. The number of benzene rings is 1. The first-order valence-electron chi connectivity index (χ1n) is 8.66. The zero-order valence-electron chi connectivity index (χ0n) is 15.4. The van der Waals surface area contributed by atoms with Gasteiger partial charge >= 0.3 is 0 Å². The summed E-state index contributed by atoms with van der Waals surface area (Å²) in [4.78, 5) is 26.8. The number of rotatable bonds is 9. The van der Waals surface area contributed by atoms with Crippen molar-refractivity contribution in [1.29, 1.82) is 0 Å². The summed E-state index contributed by atoms with van der Waals surface area (Å²) in [5.74, 6) is 0.508.